The van der Waals surface area contributed by atoms with Crippen molar-refractivity contribution in [2.24, 2.45) is 0 Å². The Hall–Kier alpha value is -3.72. The molecule has 0 saturated heterocycles. The van der Waals surface area contributed by atoms with Crippen LogP contribution in [-0.2, 0) is 4.79 Å². The molecule has 0 aliphatic rings. The standard InChI is InChI=1S/C26H26F3NO5/c1-2-30(18-25(31)32)17-16-24(19-6-4-3-5-7-19)34-22-10-8-20(9-11-22)33-21-12-14-23(15-13-21)35-26(27,28)29/h3-15,24H,2,16-18H2,1H3,(H,31,32). The highest BCUT2D eigenvalue weighted by molar-refractivity contribution is 5.69. The van der Waals surface area contributed by atoms with Crippen LogP contribution in [0.2, 0.25) is 0 Å². The van der Waals surface area contributed by atoms with E-state index in [2.05, 4.69) is 4.74 Å². The largest absolute Gasteiger partial charge is 0.573 e. The molecule has 1 N–H and O–H groups in total. The zero-order valence-electron chi connectivity index (χ0n) is 19.1. The molecule has 0 spiro atoms. The van der Waals surface area contributed by atoms with Crippen molar-refractivity contribution in [1.82, 2.24) is 4.90 Å². The van der Waals surface area contributed by atoms with Gasteiger partial charge in [-0.1, -0.05) is 37.3 Å². The molecule has 0 aliphatic carbocycles. The number of halogens is 3. The zero-order chi connectivity index (χ0) is 25.3. The van der Waals surface area contributed by atoms with Gasteiger partial charge in [0.05, 0.1) is 6.54 Å². The van der Waals surface area contributed by atoms with E-state index < -0.39 is 12.3 Å². The van der Waals surface area contributed by atoms with Crippen LogP contribution in [0.4, 0.5) is 13.2 Å². The highest BCUT2D eigenvalue weighted by atomic mass is 19.4. The molecule has 0 heterocycles. The van der Waals surface area contributed by atoms with E-state index >= 15 is 0 Å². The number of hydrogen-bond acceptors (Lipinski definition) is 5. The summed E-state index contributed by atoms with van der Waals surface area (Å²) in [4.78, 5) is 12.9. The van der Waals surface area contributed by atoms with Gasteiger partial charge >= 0.3 is 12.3 Å². The van der Waals surface area contributed by atoms with Crippen LogP contribution in [0.3, 0.4) is 0 Å². The van der Waals surface area contributed by atoms with Gasteiger partial charge in [0.25, 0.3) is 0 Å². The summed E-state index contributed by atoms with van der Waals surface area (Å²) in [7, 11) is 0. The van der Waals surface area contributed by atoms with Crippen LogP contribution in [0.15, 0.2) is 78.9 Å². The molecule has 186 valence electrons. The molecule has 3 aromatic carbocycles. The minimum atomic E-state index is -4.75. The second-order valence-corrected chi connectivity index (χ2v) is 7.66. The van der Waals surface area contributed by atoms with Gasteiger partial charge in [-0.3, -0.25) is 9.69 Å². The first-order valence-corrected chi connectivity index (χ1v) is 11.0. The lowest BCUT2D eigenvalue weighted by Crippen LogP contribution is -2.31. The summed E-state index contributed by atoms with van der Waals surface area (Å²) in [5.41, 5.74) is 0.973. The molecule has 6 nitrogen and oxygen atoms in total. The minimum Gasteiger partial charge on any atom is -0.486 e. The number of likely N-dealkylation sites (N-methyl/N-ethyl adjacent to an activating group) is 1. The summed E-state index contributed by atoms with van der Waals surface area (Å²) in [6, 6.07) is 21.7. The number of hydrogen-bond donors (Lipinski definition) is 1. The maximum absolute atomic E-state index is 12.3. The predicted molar refractivity (Wildman–Crippen MR) is 124 cm³/mol. The summed E-state index contributed by atoms with van der Waals surface area (Å²) in [5.74, 6) is 0.235. The second-order valence-electron chi connectivity index (χ2n) is 7.66. The maximum atomic E-state index is 12.3. The quantitative estimate of drug-likeness (QED) is 0.322. The monoisotopic (exact) mass is 489 g/mol. The fourth-order valence-electron chi connectivity index (χ4n) is 3.40. The molecule has 0 bridgehead atoms. The number of carboxylic acids is 1. The van der Waals surface area contributed by atoms with Gasteiger partial charge in [0.15, 0.2) is 0 Å². The van der Waals surface area contributed by atoms with Crippen molar-refractivity contribution in [1.29, 1.82) is 0 Å². The Bertz CT molecular complexity index is 1060. The predicted octanol–water partition coefficient (Wildman–Crippen LogP) is 6.29. The first kappa shape index (κ1) is 25.9. The first-order valence-electron chi connectivity index (χ1n) is 11.0. The molecule has 1 atom stereocenters. The lowest BCUT2D eigenvalue weighted by molar-refractivity contribution is -0.274. The average Bonchev–Trinajstić information content (AvgIpc) is 2.82. The molecule has 0 saturated carbocycles. The average molecular weight is 489 g/mol. The Labute approximate surface area is 201 Å². The van der Waals surface area contributed by atoms with Crippen molar-refractivity contribution in [2.75, 3.05) is 19.6 Å². The fourth-order valence-corrected chi connectivity index (χ4v) is 3.40. The molecule has 0 radical (unpaired) electrons. The zero-order valence-corrected chi connectivity index (χ0v) is 19.1. The summed E-state index contributed by atoms with van der Waals surface area (Å²) in [6.45, 7) is 3.05. The summed E-state index contributed by atoms with van der Waals surface area (Å²) < 4.78 is 52.6. The molecule has 3 aromatic rings. The van der Waals surface area contributed by atoms with Gasteiger partial charge in [-0.05, 0) is 60.6 Å². The smallest absolute Gasteiger partial charge is 0.486 e. The van der Waals surface area contributed by atoms with Crippen LogP contribution in [-0.4, -0.2) is 42.0 Å². The van der Waals surface area contributed by atoms with Crippen molar-refractivity contribution in [3.63, 3.8) is 0 Å². The van der Waals surface area contributed by atoms with E-state index in [4.69, 9.17) is 14.6 Å². The number of rotatable bonds is 12. The van der Waals surface area contributed by atoms with Crippen molar-refractivity contribution in [2.45, 2.75) is 25.8 Å². The topological polar surface area (TPSA) is 68.2 Å². The van der Waals surface area contributed by atoms with Gasteiger partial charge in [-0.15, -0.1) is 13.2 Å². The van der Waals surface area contributed by atoms with Crippen LogP contribution in [0.5, 0.6) is 23.0 Å². The Balaban J connectivity index is 1.64. The number of benzene rings is 3. The van der Waals surface area contributed by atoms with Crippen LogP contribution in [0.1, 0.15) is 25.0 Å². The molecular weight excluding hydrogens is 463 g/mol. The van der Waals surface area contributed by atoms with E-state index in [1.54, 1.807) is 24.3 Å². The molecule has 0 aliphatic heterocycles. The van der Waals surface area contributed by atoms with Gasteiger partial charge in [-0.2, -0.15) is 0 Å². The van der Waals surface area contributed by atoms with Crippen molar-refractivity contribution >= 4 is 5.97 Å². The minimum absolute atomic E-state index is 0.0344. The van der Waals surface area contributed by atoms with Gasteiger partial charge in [0.2, 0.25) is 0 Å². The molecule has 0 amide bonds. The summed E-state index contributed by atoms with van der Waals surface area (Å²) >= 11 is 0. The maximum Gasteiger partial charge on any atom is 0.573 e. The molecule has 9 heteroatoms. The van der Waals surface area contributed by atoms with Crippen molar-refractivity contribution in [3.05, 3.63) is 84.4 Å². The Kier molecular flexibility index (Phi) is 8.97. The van der Waals surface area contributed by atoms with E-state index in [9.17, 15) is 18.0 Å². The van der Waals surface area contributed by atoms with E-state index in [-0.39, 0.29) is 18.4 Å². The number of carbonyl (C=O) groups is 1. The van der Waals surface area contributed by atoms with E-state index in [1.165, 1.54) is 24.3 Å². The summed E-state index contributed by atoms with van der Waals surface area (Å²) in [6.07, 6.45) is -4.44. The van der Waals surface area contributed by atoms with Gasteiger partial charge in [0, 0.05) is 13.0 Å². The number of ether oxygens (including phenoxy) is 3. The number of alkyl halides is 3. The lowest BCUT2D eigenvalue weighted by Gasteiger charge is -2.24. The molecule has 35 heavy (non-hydrogen) atoms. The van der Waals surface area contributed by atoms with Crippen LogP contribution in [0.25, 0.3) is 0 Å². The van der Waals surface area contributed by atoms with Crippen molar-refractivity contribution in [3.8, 4) is 23.0 Å². The third-order valence-corrected chi connectivity index (χ3v) is 5.08. The lowest BCUT2D eigenvalue weighted by atomic mass is 10.1. The van der Waals surface area contributed by atoms with Gasteiger partial charge in [-0.25, -0.2) is 0 Å². The fraction of sp³-hybridized carbons (Fsp3) is 0.269. The SMILES string of the molecule is CCN(CCC(Oc1ccc(Oc2ccc(OC(F)(F)F)cc2)cc1)c1ccccc1)CC(=O)O. The Morgan fingerprint density at radius 3 is 1.94 bits per heavy atom. The third kappa shape index (κ3) is 8.86. The van der Waals surface area contributed by atoms with Crippen LogP contribution >= 0.6 is 0 Å². The third-order valence-electron chi connectivity index (χ3n) is 5.08. The van der Waals surface area contributed by atoms with E-state index in [0.717, 1.165) is 5.56 Å². The Morgan fingerprint density at radius 2 is 1.43 bits per heavy atom. The number of aliphatic carboxylic acids is 1. The van der Waals surface area contributed by atoms with E-state index in [0.29, 0.717) is 36.8 Å². The molecular formula is C26H26F3NO5. The molecule has 0 aromatic heterocycles. The highest BCUT2D eigenvalue weighted by Gasteiger charge is 2.31. The van der Waals surface area contributed by atoms with Gasteiger partial charge < -0.3 is 19.3 Å². The number of carboxylic acid groups (broad SMARTS) is 1. The normalized spacial score (nSPS) is 12.3. The Morgan fingerprint density at radius 1 is 0.886 bits per heavy atom. The van der Waals surface area contributed by atoms with E-state index in [1.807, 2.05) is 42.2 Å². The van der Waals surface area contributed by atoms with Crippen molar-refractivity contribution < 1.29 is 37.3 Å². The van der Waals surface area contributed by atoms with Crippen LogP contribution < -0.4 is 14.2 Å². The second kappa shape index (κ2) is 12.1. The summed E-state index contributed by atoms with van der Waals surface area (Å²) in [5, 5.41) is 9.09. The van der Waals surface area contributed by atoms with Gasteiger partial charge in [0.1, 0.15) is 29.1 Å². The molecule has 1 unspecified atom stereocenters. The number of nitrogens with zero attached hydrogens (tertiary/aromatic N) is 1. The van der Waals surface area contributed by atoms with Crippen LogP contribution in [0, 0.1) is 0 Å². The first-order chi connectivity index (χ1) is 16.7. The highest BCUT2D eigenvalue weighted by Crippen LogP contribution is 2.30. The molecule has 0 fully saturated rings. The molecule has 3 rings (SSSR count).